The van der Waals surface area contributed by atoms with Crippen LogP contribution in [-0.2, 0) is 0 Å². The summed E-state index contributed by atoms with van der Waals surface area (Å²) >= 11 is 3.22. The van der Waals surface area contributed by atoms with Gasteiger partial charge in [0.05, 0.1) is 4.92 Å². The summed E-state index contributed by atoms with van der Waals surface area (Å²) in [5.74, 6) is 0.348. The highest BCUT2D eigenvalue weighted by atomic mass is 79.9. The fourth-order valence-corrected chi connectivity index (χ4v) is 1.79. The molecule has 0 radical (unpaired) electrons. The fourth-order valence-electron chi connectivity index (χ4n) is 1.32. The first-order chi connectivity index (χ1) is 6.68. The van der Waals surface area contributed by atoms with E-state index in [1.807, 2.05) is 12.2 Å². The zero-order chi connectivity index (χ0) is 10.1. The van der Waals surface area contributed by atoms with Gasteiger partial charge in [0.1, 0.15) is 6.61 Å². The van der Waals surface area contributed by atoms with Gasteiger partial charge in [-0.1, -0.05) is 22.0 Å². The van der Waals surface area contributed by atoms with Crippen molar-refractivity contribution in [2.75, 3.05) is 6.61 Å². The van der Waals surface area contributed by atoms with Crippen molar-refractivity contribution in [2.45, 2.75) is 0 Å². The van der Waals surface area contributed by atoms with Crippen molar-refractivity contribution in [3.63, 3.8) is 0 Å². The lowest BCUT2D eigenvalue weighted by Gasteiger charge is -2.12. The molecule has 1 aliphatic heterocycles. The van der Waals surface area contributed by atoms with Gasteiger partial charge in [0.2, 0.25) is 5.75 Å². The van der Waals surface area contributed by atoms with Crippen molar-refractivity contribution in [1.82, 2.24) is 0 Å². The van der Waals surface area contributed by atoms with Gasteiger partial charge < -0.3 is 4.74 Å². The van der Waals surface area contributed by atoms with Gasteiger partial charge >= 0.3 is 5.69 Å². The highest BCUT2D eigenvalue weighted by molar-refractivity contribution is 9.10. The molecule has 1 aliphatic rings. The molecule has 1 aromatic rings. The number of hydrogen-bond acceptors (Lipinski definition) is 3. The molecule has 0 saturated heterocycles. The number of ether oxygens (including phenoxy) is 1. The zero-order valence-corrected chi connectivity index (χ0v) is 8.65. The van der Waals surface area contributed by atoms with E-state index in [1.54, 1.807) is 6.07 Å². The first-order valence-electron chi connectivity index (χ1n) is 3.96. The lowest BCUT2D eigenvalue weighted by molar-refractivity contribution is -0.385. The number of rotatable bonds is 1. The number of fused-ring (bicyclic) bond motifs is 1. The molecule has 0 aromatic heterocycles. The maximum atomic E-state index is 10.7. The Balaban J connectivity index is 2.65. The van der Waals surface area contributed by atoms with Gasteiger partial charge in [-0.15, -0.1) is 0 Å². The predicted molar refractivity (Wildman–Crippen MR) is 55.3 cm³/mol. The van der Waals surface area contributed by atoms with E-state index in [4.69, 9.17) is 4.74 Å². The molecule has 0 unspecified atom stereocenters. The summed E-state index contributed by atoms with van der Waals surface area (Å²) in [5.41, 5.74) is 0.732. The number of benzene rings is 1. The van der Waals surface area contributed by atoms with Crippen LogP contribution in [0.3, 0.4) is 0 Å². The highest BCUT2D eigenvalue weighted by Crippen LogP contribution is 2.36. The van der Waals surface area contributed by atoms with Gasteiger partial charge in [-0.2, -0.15) is 0 Å². The molecule has 0 atom stereocenters. The minimum absolute atomic E-state index is 0.00118. The minimum atomic E-state index is -0.442. The maximum Gasteiger partial charge on any atom is 0.312 e. The highest BCUT2D eigenvalue weighted by Gasteiger charge is 2.20. The molecule has 1 aromatic carbocycles. The predicted octanol–water partition coefficient (Wildman–Crippen LogP) is 2.76. The number of nitro groups is 1. The van der Waals surface area contributed by atoms with Gasteiger partial charge in [0.25, 0.3) is 0 Å². The van der Waals surface area contributed by atoms with Crippen LogP contribution >= 0.6 is 15.9 Å². The molecule has 0 aliphatic carbocycles. The number of nitrogens with zero attached hydrogens (tertiary/aromatic N) is 1. The molecule has 1 heterocycles. The Kier molecular flexibility index (Phi) is 2.25. The Morgan fingerprint density at radius 1 is 1.50 bits per heavy atom. The Morgan fingerprint density at radius 3 is 3.00 bits per heavy atom. The van der Waals surface area contributed by atoms with Gasteiger partial charge in [-0.05, 0) is 12.1 Å². The molecule has 2 rings (SSSR count). The molecule has 0 spiro atoms. The van der Waals surface area contributed by atoms with Crippen molar-refractivity contribution in [1.29, 1.82) is 0 Å². The van der Waals surface area contributed by atoms with Crippen LogP contribution in [0.4, 0.5) is 5.69 Å². The Labute approximate surface area is 88.5 Å². The Morgan fingerprint density at radius 2 is 2.29 bits per heavy atom. The molecule has 5 heteroatoms. The van der Waals surface area contributed by atoms with Crippen LogP contribution in [0.2, 0.25) is 0 Å². The second kappa shape index (κ2) is 3.42. The van der Waals surface area contributed by atoms with E-state index in [2.05, 4.69) is 15.9 Å². The van der Waals surface area contributed by atoms with Crippen LogP contribution in [0, 0.1) is 10.1 Å². The first kappa shape index (κ1) is 9.21. The van der Waals surface area contributed by atoms with E-state index in [9.17, 15) is 10.1 Å². The van der Waals surface area contributed by atoms with Crippen molar-refractivity contribution in [3.8, 4) is 5.75 Å². The molecular weight excluding hydrogens is 250 g/mol. The summed E-state index contributed by atoms with van der Waals surface area (Å²) in [6.07, 6.45) is 3.63. The smallest absolute Gasteiger partial charge is 0.312 e. The molecule has 0 N–H and O–H groups in total. The average molecular weight is 256 g/mol. The summed E-state index contributed by atoms with van der Waals surface area (Å²) in [4.78, 5) is 10.3. The fraction of sp³-hybridized carbons (Fsp3) is 0.111. The minimum Gasteiger partial charge on any atom is -0.482 e. The van der Waals surface area contributed by atoms with Crippen molar-refractivity contribution in [2.24, 2.45) is 0 Å². The van der Waals surface area contributed by atoms with Gasteiger partial charge in [-0.25, -0.2) is 0 Å². The quantitative estimate of drug-likeness (QED) is 0.573. The molecule has 0 bridgehead atoms. The van der Waals surface area contributed by atoms with Crippen LogP contribution in [0.5, 0.6) is 5.75 Å². The van der Waals surface area contributed by atoms with E-state index in [0.717, 1.165) is 5.56 Å². The van der Waals surface area contributed by atoms with E-state index in [1.165, 1.54) is 6.07 Å². The third kappa shape index (κ3) is 1.50. The molecule has 72 valence electrons. The SMILES string of the molecule is O=[N+]([O-])c1cc(Br)cc2c1OCC=C2. The van der Waals surface area contributed by atoms with Crippen molar-refractivity contribution in [3.05, 3.63) is 38.4 Å². The van der Waals surface area contributed by atoms with Crippen LogP contribution in [0.1, 0.15) is 5.56 Å². The van der Waals surface area contributed by atoms with E-state index >= 15 is 0 Å². The summed E-state index contributed by atoms with van der Waals surface area (Å²) in [6, 6.07) is 3.23. The average Bonchev–Trinajstić information content (AvgIpc) is 2.16. The van der Waals surface area contributed by atoms with E-state index in [0.29, 0.717) is 16.8 Å². The molecule has 14 heavy (non-hydrogen) atoms. The van der Waals surface area contributed by atoms with Crippen LogP contribution in [-0.4, -0.2) is 11.5 Å². The maximum absolute atomic E-state index is 10.7. The number of nitro benzene ring substituents is 1. The lowest BCUT2D eigenvalue weighted by Crippen LogP contribution is -2.03. The second-order valence-electron chi connectivity index (χ2n) is 2.81. The zero-order valence-electron chi connectivity index (χ0n) is 7.07. The molecular formula is C9H6BrNO3. The van der Waals surface area contributed by atoms with Crippen molar-refractivity contribution < 1.29 is 9.66 Å². The number of halogens is 1. The normalized spacial score (nSPS) is 13.2. The summed E-state index contributed by atoms with van der Waals surface area (Å²) in [7, 11) is 0. The molecule has 0 saturated carbocycles. The monoisotopic (exact) mass is 255 g/mol. The Bertz CT molecular complexity index is 428. The summed E-state index contributed by atoms with van der Waals surface area (Å²) in [6.45, 7) is 0.384. The van der Waals surface area contributed by atoms with Gasteiger partial charge in [-0.3, -0.25) is 10.1 Å². The summed E-state index contributed by atoms with van der Waals surface area (Å²) < 4.78 is 5.90. The van der Waals surface area contributed by atoms with Gasteiger partial charge in [0.15, 0.2) is 0 Å². The lowest BCUT2D eigenvalue weighted by atomic mass is 10.1. The standard InChI is InChI=1S/C9H6BrNO3/c10-7-4-6-2-1-3-14-9(6)8(5-7)11(12)13/h1-2,4-5H,3H2. The van der Waals surface area contributed by atoms with Crippen LogP contribution in [0.25, 0.3) is 6.08 Å². The Hall–Kier alpha value is -1.36. The topological polar surface area (TPSA) is 52.4 Å². The van der Waals surface area contributed by atoms with E-state index < -0.39 is 4.92 Å². The second-order valence-corrected chi connectivity index (χ2v) is 3.73. The van der Waals surface area contributed by atoms with Gasteiger partial charge in [0, 0.05) is 16.1 Å². The largest absolute Gasteiger partial charge is 0.482 e. The first-order valence-corrected chi connectivity index (χ1v) is 4.75. The summed E-state index contributed by atoms with van der Waals surface area (Å²) in [5, 5.41) is 10.7. The van der Waals surface area contributed by atoms with Crippen LogP contribution < -0.4 is 4.74 Å². The third-order valence-corrected chi connectivity index (χ3v) is 2.34. The van der Waals surface area contributed by atoms with E-state index in [-0.39, 0.29) is 5.69 Å². The van der Waals surface area contributed by atoms with Crippen LogP contribution in [0.15, 0.2) is 22.7 Å². The number of hydrogen-bond donors (Lipinski definition) is 0. The molecule has 0 amide bonds. The van der Waals surface area contributed by atoms with Crippen molar-refractivity contribution >= 4 is 27.7 Å². The molecule has 0 fully saturated rings. The molecule has 4 nitrogen and oxygen atoms in total. The third-order valence-electron chi connectivity index (χ3n) is 1.88.